The smallest absolute Gasteiger partial charge is 0.329 e. The van der Waals surface area contributed by atoms with Crippen LogP contribution in [0.4, 0.5) is 0 Å². The van der Waals surface area contributed by atoms with Crippen molar-refractivity contribution in [2.24, 2.45) is 5.73 Å². The Balaban J connectivity index is 2.01. The van der Waals surface area contributed by atoms with E-state index in [0.29, 0.717) is 10.6 Å². The minimum absolute atomic E-state index is 0.0121. The van der Waals surface area contributed by atoms with Gasteiger partial charge in [0.15, 0.2) is 0 Å². The van der Waals surface area contributed by atoms with E-state index in [1.165, 1.54) is 12.1 Å². The van der Waals surface area contributed by atoms with Crippen LogP contribution in [0.25, 0.3) is 0 Å². The van der Waals surface area contributed by atoms with Gasteiger partial charge >= 0.3 is 5.97 Å². The monoisotopic (exact) mass is 438 g/mol. The Hall–Kier alpha value is -2.38. The SMILES string of the molecule is NC(=O)CC(NC(=O)c1ccc(Cl)cc1)C(=O)OCc1ccc(Br)cc1. The highest BCUT2D eigenvalue weighted by Gasteiger charge is 2.25. The minimum atomic E-state index is -1.17. The van der Waals surface area contributed by atoms with E-state index in [1.54, 1.807) is 24.3 Å². The molecule has 6 nitrogen and oxygen atoms in total. The van der Waals surface area contributed by atoms with Gasteiger partial charge < -0.3 is 15.8 Å². The molecule has 0 aromatic heterocycles. The summed E-state index contributed by atoms with van der Waals surface area (Å²) in [5, 5.41) is 2.94. The maximum absolute atomic E-state index is 12.3. The van der Waals surface area contributed by atoms with Crippen LogP contribution < -0.4 is 11.1 Å². The molecule has 2 amide bonds. The third-order valence-corrected chi connectivity index (χ3v) is 4.18. The predicted octanol–water partition coefficient (Wildman–Crippen LogP) is 2.82. The molecule has 0 fully saturated rings. The van der Waals surface area contributed by atoms with Gasteiger partial charge in [0, 0.05) is 15.1 Å². The molecule has 2 aromatic carbocycles. The van der Waals surface area contributed by atoms with Crippen molar-refractivity contribution in [2.75, 3.05) is 0 Å². The van der Waals surface area contributed by atoms with E-state index < -0.39 is 23.8 Å². The average Bonchev–Trinajstić information content (AvgIpc) is 2.60. The summed E-state index contributed by atoms with van der Waals surface area (Å²) >= 11 is 9.10. The number of hydrogen-bond acceptors (Lipinski definition) is 4. The van der Waals surface area contributed by atoms with Gasteiger partial charge in [-0.3, -0.25) is 9.59 Å². The molecule has 0 bridgehead atoms. The molecule has 2 aromatic rings. The van der Waals surface area contributed by atoms with Gasteiger partial charge in [0.25, 0.3) is 5.91 Å². The standard InChI is InChI=1S/C18H16BrClN2O4/c19-13-5-1-11(2-6-13)10-26-18(25)15(9-16(21)23)22-17(24)12-3-7-14(20)8-4-12/h1-8,15H,9-10H2,(H2,21,23)(H,22,24). The van der Waals surface area contributed by atoms with Gasteiger partial charge in [0.2, 0.25) is 5.91 Å². The topological polar surface area (TPSA) is 98.5 Å². The zero-order valence-corrected chi connectivity index (χ0v) is 15.9. The summed E-state index contributed by atoms with van der Waals surface area (Å²) in [5.74, 6) is -2.01. The average molecular weight is 440 g/mol. The number of carbonyl (C=O) groups excluding carboxylic acids is 3. The van der Waals surface area contributed by atoms with E-state index in [2.05, 4.69) is 21.2 Å². The second-order valence-corrected chi connectivity index (χ2v) is 6.79. The van der Waals surface area contributed by atoms with Gasteiger partial charge in [-0.15, -0.1) is 0 Å². The van der Waals surface area contributed by atoms with Crippen LogP contribution in [0.1, 0.15) is 22.3 Å². The lowest BCUT2D eigenvalue weighted by Gasteiger charge is -2.16. The highest BCUT2D eigenvalue weighted by molar-refractivity contribution is 9.10. The molecule has 1 unspecified atom stereocenters. The summed E-state index contributed by atoms with van der Waals surface area (Å²) in [6.07, 6.45) is -0.363. The largest absolute Gasteiger partial charge is 0.459 e. The van der Waals surface area contributed by atoms with Crippen LogP contribution in [0.5, 0.6) is 0 Å². The van der Waals surface area contributed by atoms with Gasteiger partial charge in [-0.25, -0.2) is 4.79 Å². The number of nitrogens with two attached hydrogens (primary N) is 1. The Morgan fingerprint density at radius 2 is 1.69 bits per heavy atom. The number of halogens is 2. The Morgan fingerprint density at radius 3 is 2.27 bits per heavy atom. The Morgan fingerprint density at radius 1 is 1.08 bits per heavy atom. The lowest BCUT2D eigenvalue weighted by atomic mass is 10.1. The summed E-state index contributed by atoms with van der Waals surface area (Å²) in [5.41, 5.74) is 6.23. The molecule has 0 heterocycles. The number of nitrogens with one attached hydrogen (secondary N) is 1. The highest BCUT2D eigenvalue weighted by Crippen LogP contribution is 2.12. The van der Waals surface area contributed by atoms with Crippen LogP contribution in [-0.4, -0.2) is 23.8 Å². The number of esters is 1. The van der Waals surface area contributed by atoms with Crippen molar-refractivity contribution in [2.45, 2.75) is 19.1 Å². The van der Waals surface area contributed by atoms with Crippen molar-refractivity contribution < 1.29 is 19.1 Å². The molecule has 136 valence electrons. The fraction of sp³-hybridized carbons (Fsp3) is 0.167. The second kappa shape index (κ2) is 9.35. The van der Waals surface area contributed by atoms with Gasteiger partial charge in [-0.05, 0) is 42.0 Å². The Labute approximate surface area is 163 Å². The summed E-state index contributed by atoms with van der Waals surface area (Å²) in [6, 6.07) is 12.1. The van der Waals surface area contributed by atoms with Crippen molar-refractivity contribution in [3.05, 3.63) is 69.2 Å². The number of primary amides is 1. The van der Waals surface area contributed by atoms with Gasteiger partial charge in [0.1, 0.15) is 12.6 Å². The fourth-order valence-electron chi connectivity index (χ4n) is 2.07. The number of rotatable bonds is 7. The summed E-state index contributed by atoms with van der Waals surface area (Å²) < 4.78 is 6.09. The molecule has 26 heavy (non-hydrogen) atoms. The Kier molecular flexibility index (Phi) is 7.17. The zero-order chi connectivity index (χ0) is 19.1. The first-order valence-electron chi connectivity index (χ1n) is 7.61. The quantitative estimate of drug-likeness (QED) is 0.648. The highest BCUT2D eigenvalue weighted by atomic mass is 79.9. The Bertz CT molecular complexity index is 794. The van der Waals surface area contributed by atoms with Crippen LogP contribution >= 0.6 is 27.5 Å². The predicted molar refractivity (Wildman–Crippen MR) is 100 cm³/mol. The van der Waals surface area contributed by atoms with Gasteiger partial charge in [-0.2, -0.15) is 0 Å². The first kappa shape index (κ1) is 19.9. The van der Waals surface area contributed by atoms with Crippen molar-refractivity contribution in [3.8, 4) is 0 Å². The minimum Gasteiger partial charge on any atom is -0.459 e. The fourth-order valence-corrected chi connectivity index (χ4v) is 2.46. The molecule has 0 radical (unpaired) electrons. The molecule has 0 aliphatic heterocycles. The second-order valence-electron chi connectivity index (χ2n) is 5.44. The van der Waals surface area contributed by atoms with Crippen LogP contribution in [0.15, 0.2) is 53.0 Å². The van der Waals surface area contributed by atoms with Crippen LogP contribution in [0.2, 0.25) is 5.02 Å². The van der Waals surface area contributed by atoms with Crippen molar-refractivity contribution in [1.29, 1.82) is 0 Å². The number of ether oxygens (including phenoxy) is 1. The lowest BCUT2D eigenvalue weighted by Crippen LogP contribution is -2.44. The molecule has 0 aliphatic rings. The number of benzene rings is 2. The number of hydrogen-bond donors (Lipinski definition) is 2. The van der Waals surface area contributed by atoms with Crippen molar-refractivity contribution >= 4 is 45.3 Å². The first-order valence-corrected chi connectivity index (χ1v) is 8.78. The third kappa shape index (κ3) is 6.16. The zero-order valence-electron chi connectivity index (χ0n) is 13.6. The number of carbonyl (C=O) groups is 3. The molecule has 0 spiro atoms. The van der Waals surface area contributed by atoms with E-state index in [4.69, 9.17) is 22.1 Å². The van der Waals surface area contributed by atoms with E-state index >= 15 is 0 Å². The molecule has 8 heteroatoms. The molecule has 0 saturated heterocycles. The summed E-state index contributed by atoms with van der Waals surface area (Å²) in [6.45, 7) is 0.0121. The van der Waals surface area contributed by atoms with E-state index in [1.807, 2.05) is 12.1 Å². The van der Waals surface area contributed by atoms with Crippen molar-refractivity contribution in [3.63, 3.8) is 0 Å². The summed E-state index contributed by atoms with van der Waals surface area (Å²) in [7, 11) is 0. The third-order valence-electron chi connectivity index (χ3n) is 3.40. The normalized spacial score (nSPS) is 11.5. The molecule has 3 N–H and O–H groups in total. The van der Waals surface area contributed by atoms with E-state index in [0.717, 1.165) is 10.0 Å². The van der Waals surface area contributed by atoms with E-state index in [9.17, 15) is 14.4 Å². The molecular weight excluding hydrogens is 424 g/mol. The maximum Gasteiger partial charge on any atom is 0.329 e. The molecular formula is C18H16BrClN2O4. The summed E-state index contributed by atoms with van der Waals surface area (Å²) in [4.78, 5) is 35.7. The first-order chi connectivity index (χ1) is 12.3. The van der Waals surface area contributed by atoms with Gasteiger partial charge in [-0.1, -0.05) is 39.7 Å². The van der Waals surface area contributed by atoms with Crippen LogP contribution in [0.3, 0.4) is 0 Å². The molecule has 0 aliphatic carbocycles. The molecule has 0 saturated carbocycles. The van der Waals surface area contributed by atoms with Crippen LogP contribution in [0, 0.1) is 0 Å². The van der Waals surface area contributed by atoms with Crippen molar-refractivity contribution in [1.82, 2.24) is 5.32 Å². The van der Waals surface area contributed by atoms with E-state index in [-0.39, 0.29) is 13.0 Å². The molecule has 1 atom stereocenters. The number of amides is 2. The maximum atomic E-state index is 12.3. The van der Waals surface area contributed by atoms with Gasteiger partial charge in [0.05, 0.1) is 6.42 Å². The lowest BCUT2D eigenvalue weighted by molar-refractivity contribution is -0.148. The molecule has 2 rings (SSSR count). The van der Waals surface area contributed by atoms with Crippen LogP contribution in [-0.2, 0) is 20.9 Å².